The summed E-state index contributed by atoms with van der Waals surface area (Å²) in [6.07, 6.45) is 2.29. The van der Waals surface area contributed by atoms with E-state index in [2.05, 4.69) is 62.8 Å². The van der Waals surface area contributed by atoms with Crippen LogP contribution in [0, 0.1) is 0 Å². The van der Waals surface area contributed by atoms with E-state index in [1.165, 1.54) is 29.5 Å². The van der Waals surface area contributed by atoms with Crippen molar-refractivity contribution in [1.29, 1.82) is 0 Å². The second kappa shape index (κ2) is 8.00. The molecule has 1 fully saturated rings. The molecule has 2 N–H and O–H groups in total. The van der Waals surface area contributed by atoms with Gasteiger partial charge < -0.3 is 15.5 Å². The molecule has 1 aromatic rings. The molecule has 1 atom stereocenters. The summed E-state index contributed by atoms with van der Waals surface area (Å²) in [5, 5.41) is 7.12. The molecule has 0 bridgehead atoms. The Morgan fingerprint density at radius 2 is 2.21 bits per heavy atom. The fourth-order valence-electron chi connectivity index (χ4n) is 2.51. The summed E-state index contributed by atoms with van der Waals surface area (Å²) in [4.78, 5) is 2.41. The highest BCUT2D eigenvalue weighted by Gasteiger charge is 2.15. The first kappa shape index (κ1) is 15.0. The highest BCUT2D eigenvalue weighted by Crippen LogP contribution is 2.15. The van der Waals surface area contributed by atoms with Crippen molar-refractivity contribution in [3.05, 3.63) is 34.3 Å². The zero-order valence-electron chi connectivity index (χ0n) is 11.7. The van der Waals surface area contributed by atoms with Crippen LogP contribution >= 0.6 is 15.9 Å². The predicted octanol–water partition coefficient (Wildman–Crippen LogP) is 1.87. The molecule has 1 aromatic carbocycles. The number of hydrogen-bond donors (Lipinski definition) is 2. The van der Waals surface area contributed by atoms with Crippen molar-refractivity contribution in [3.63, 3.8) is 0 Å². The normalized spacial score (nSPS) is 20.6. The Bertz CT molecular complexity index is 383. The van der Waals surface area contributed by atoms with Gasteiger partial charge in [0.25, 0.3) is 0 Å². The highest BCUT2D eigenvalue weighted by molar-refractivity contribution is 9.10. The molecule has 0 amide bonds. The van der Waals surface area contributed by atoms with E-state index in [0.717, 1.165) is 26.1 Å². The quantitative estimate of drug-likeness (QED) is 0.782. The third-order valence-electron chi connectivity index (χ3n) is 3.66. The van der Waals surface area contributed by atoms with E-state index in [9.17, 15) is 0 Å². The lowest BCUT2D eigenvalue weighted by atomic mass is 10.1. The minimum Gasteiger partial charge on any atom is -0.316 e. The van der Waals surface area contributed by atoms with Gasteiger partial charge in [0.05, 0.1) is 0 Å². The zero-order chi connectivity index (χ0) is 13.5. The lowest BCUT2D eigenvalue weighted by molar-refractivity contribution is 0.231. The molecule has 2 rings (SSSR count). The second-order valence-electron chi connectivity index (χ2n) is 5.29. The highest BCUT2D eigenvalue weighted by atomic mass is 79.9. The molecule has 1 unspecified atom stereocenters. The van der Waals surface area contributed by atoms with E-state index in [1.807, 2.05) is 0 Å². The van der Waals surface area contributed by atoms with Crippen molar-refractivity contribution in [2.75, 3.05) is 39.8 Å². The molecule has 0 radical (unpaired) electrons. The van der Waals surface area contributed by atoms with Crippen molar-refractivity contribution in [1.82, 2.24) is 15.5 Å². The van der Waals surface area contributed by atoms with Gasteiger partial charge in [0.2, 0.25) is 0 Å². The average Bonchev–Trinajstić information content (AvgIpc) is 2.40. The van der Waals surface area contributed by atoms with E-state index in [1.54, 1.807) is 0 Å². The Hall–Kier alpha value is -0.420. The summed E-state index contributed by atoms with van der Waals surface area (Å²) < 4.78 is 1.22. The topological polar surface area (TPSA) is 27.3 Å². The molecular weight excluding hydrogens is 302 g/mol. The number of nitrogens with one attached hydrogen (secondary N) is 2. The minimum absolute atomic E-state index is 0.648. The third-order valence-corrected chi connectivity index (χ3v) is 4.43. The molecular formula is C15H24BrN3. The largest absolute Gasteiger partial charge is 0.316 e. The van der Waals surface area contributed by atoms with Crippen molar-refractivity contribution in [3.8, 4) is 0 Å². The van der Waals surface area contributed by atoms with Gasteiger partial charge in [-0.2, -0.15) is 0 Å². The maximum Gasteiger partial charge on any atom is 0.0207 e. The van der Waals surface area contributed by atoms with Crippen LogP contribution in [0.2, 0.25) is 0 Å². The molecule has 0 spiro atoms. The van der Waals surface area contributed by atoms with Gasteiger partial charge in [-0.05, 0) is 44.6 Å². The number of piperazine rings is 1. The SMILES string of the molecule is CN1CCNC(CCNCCc2ccccc2Br)C1. The van der Waals surface area contributed by atoms with E-state index in [4.69, 9.17) is 0 Å². The fraction of sp³-hybridized carbons (Fsp3) is 0.600. The van der Waals surface area contributed by atoms with Gasteiger partial charge in [-0.15, -0.1) is 0 Å². The summed E-state index contributed by atoms with van der Waals surface area (Å²) in [6.45, 7) is 5.61. The van der Waals surface area contributed by atoms with Gasteiger partial charge in [0.1, 0.15) is 0 Å². The molecule has 0 saturated carbocycles. The van der Waals surface area contributed by atoms with Crippen molar-refractivity contribution >= 4 is 15.9 Å². The lowest BCUT2D eigenvalue weighted by Crippen LogP contribution is -2.49. The number of benzene rings is 1. The van der Waals surface area contributed by atoms with Crippen molar-refractivity contribution in [2.45, 2.75) is 18.9 Å². The molecule has 1 heterocycles. The summed E-state index contributed by atoms with van der Waals surface area (Å²) in [5.74, 6) is 0. The predicted molar refractivity (Wildman–Crippen MR) is 84.6 cm³/mol. The van der Waals surface area contributed by atoms with Crippen molar-refractivity contribution < 1.29 is 0 Å². The van der Waals surface area contributed by atoms with E-state index >= 15 is 0 Å². The van der Waals surface area contributed by atoms with Crippen LogP contribution in [0.3, 0.4) is 0 Å². The third kappa shape index (κ3) is 5.22. The first-order valence-electron chi connectivity index (χ1n) is 7.12. The van der Waals surface area contributed by atoms with E-state index in [-0.39, 0.29) is 0 Å². The smallest absolute Gasteiger partial charge is 0.0207 e. The summed E-state index contributed by atoms with van der Waals surface area (Å²) in [6, 6.07) is 9.10. The van der Waals surface area contributed by atoms with E-state index < -0.39 is 0 Å². The number of nitrogens with zero attached hydrogens (tertiary/aromatic N) is 1. The van der Waals surface area contributed by atoms with Crippen LogP contribution in [-0.2, 0) is 6.42 Å². The number of likely N-dealkylation sites (N-methyl/N-ethyl adjacent to an activating group) is 1. The van der Waals surface area contributed by atoms with Gasteiger partial charge in [-0.3, -0.25) is 0 Å². The number of halogens is 1. The first-order valence-corrected chi connectivity index (χ1v) is 7.91. The van der Waals surface area contributed by atoms with Gasteiger partial charge >= 0.3 is 0 Å². The fourth-order valence-corrected chi connectivity index (χ4v) is 2.99. The molecule has 1 aliphatic heterocycles. The van der Waals surface area contributed by atoms with Crippen molar-refractivity contribution in [2.24, 2.45) is 0 Å². The molecule has 4 heteroatoms. The van der Waals surface area contributed by atoms with Gasteiger partial charge in [0, 0.05) is 30.1 Å². The van der Waals surface area contributed by atoms with E-state index in [0.29, 0.717) is 6.04 Å². The van der Waals surface area contributed by atoms with Crippen LogP contribution in [0.25, 0.3) is 0 Å². The molecule has 3 nitrogen and oxygen atoms in total. The van der Waals surface area contributed by atoms with Gasteiger partial charge in [0.15, 0.2) is 0 Å². The Kier molecular flexibility index (Phi) is 6.31. The molecule has 19 heavy (non-hydrogen) atoms. The number of rotatable bonds is 6. The van der Waals surface area contributed by atoms with Crippen LogP contribution in [0.5, 0.6) is 0 Å². The van der Waals surface area contributed by atoms with Gasteiger partial charge in [-0.1, -0.05) is 34.1 Å². The Morgan fingerprint density at radius 1 is 1.37 bits per heavy atom. The van der Waals surface area contributed by atoms with Crippen LogP contribution in [0.4, 0.5) is 0 Å². The summed E-state index contributed by atoms with van der Waals surface area (Å²) in [7, 11) is 2.20. The Balaban J connectivity index is 1.58. The van der Waals surface area contributed by atoms with Gasteiger partial charge in [-0.25, -0.2) is 0 Å². The maximum absolute atomic E-state index is 3.59. The van der Waals surface area contributed by atoms with Crippen LogP contribution in [0.15, 0.2) is 28.7 Å². The molecule has 0 aromatic heterocycles. The standard InChI is InChI=1S/C15H24BrN3/c1-19-11-10-18-14(12-19)7-9-17-8-6-13-4-2-3-5-15(13)16/h2-5,14,17-18H,6-12H2,1H3. The maximum atomic E-state index is 3.59. The first-order chi connectivity index (χ1) is 9.25. The lowest BCUT2D eigenvalue weighted by Gasteiger charge is -2.30. The summed E-state index contributed by atoms with van der Waals surface area (Å²) >= 11 is 3.59. The summed E-state index contributed by atoms with van der Waals surface area (Å²) in [5.41, 5.74) is 1.38. The molecule has 1 aliphatic rings. The molecule has 1 saturated heterocycles. The van der Waals surface area contributed by atoms with Crippen LogP contribution < -0.4 is 10.6 Å². The Labute approximate surface area is 124 Å². The number of hydrogen-bond acceptors (Lipinski definition) is 3. The minimum atomic E-state index is 0.648. The zero-order valence-corrected chi connectivity index (χ0v) is 13.2. The average molecular weight is 326 g/mol. The second-order valence-corrected chi connectivity index (χ2v) is 6.15. The van der Waals surface area contributed by atoms with Crippen LogP contribution in [-0.4, -0.2) is 50.7 Å². The Morgan fingerprint density at radius 3 is 3.00 bits per heavy atom. The monoisotopic (exact) mass is 325 g/mol. The van der Waals surface area contributed by atoms with Crippen LogP contribution in [0.1, 0.15) is 12.0 Å². The molecule has 106 valence electrons. The molecule has 0 aliphatic carbocycles.